The van der Waals surface area contributed by atoms with Gasteiger partial charge in [-0.2, -0.15) is 0 Å². The smallest absolute Gasteiger partial charge is 0.232 e. The van der Waals surface area contributed by atoms with Crippen molar-refractivity contribution in [3.8, 4) is 0 Å². The number of hydrogen-bond acceptors (Lipinski definition) is 3. The van der Waals surface area contributed by atoms with E-state index in [1.54, 1.807) is 19.1 Å². The van der Waals surface area contributed by atoms with E-state index in [2.05, 4.69) is 4.72 Å². The largest absolute Gasteiger partial charge is 0.397 e. The van der Waals surface area contributed by atoms with Gasteiger partial charge < -0.3 is 5.73 Å². The molecular weight excluding hydrogens is 236 g/mol. The second-order valence-corrected chi connectivity index (χ2v) is 5.43. The number of rotatable bonds is 4. The van der Waals surface area contributed by atoms with Crippen molar-refractivity contribution in [3.05, 3.63) is 23.2 Å². The van der Waals surface area contributed by atoms with Gasteiger partial charge >= 0.3 is 0 Å². The predicted molar refractivity (Wildman–Crippen MR) is 63.6 cm³/mol. The highest BCUT2D eigenvalue weighted by Gasteiger charge is 2.10. The first-order valence-electron chi connectivity index (χ1n) is 4.50. The van der Waals surface area contributed by atoms with Gasteiger partial charge in [-0.3, -0.25) is 4.72 Å². The molecule has 0 heterocycles. The third kappa shape index (κ3) is 3.60. The van der Waals surface area contributed by atoms with Gasteiger partial charge in [-0.05, 0) is 24.6 Å². The Morgan fingerprint density at radius 2 is 2.13 bits per heavy atom. The molecule has 15 heavy (non-hydrogen) atoms. The molecule has 1 rings (SSSR count). The first kappa shape index (κ1) is 12.1. The van der Waals surface area contributed by atoms with E-state index in [4.69, 9.17) is 17.3 Å². The fourth-order valence-electron chi connectivity index (χ4n) is 1.11. The number of sulfonamides is 1. The minimum atomic E-state index is -3.29. The van der Waals surface area contributed by atoms with Crippen molar-refractivity contribution in [3.63, 3.8) is 0 Å². The van der Waals surface area contributed by atoms with Gasteiger partial charge in [0.05, 0.1) is 17.1 Å². The molecule has 0 amide bonds. The lowest BCUT2D eigenvalue weighted by Gasteiger charge is -2.09. The van der Waals surface area contributed by atoms with E-state index in [9.17, 15) is 8.42 Å². The topological polar surface area (TPSA) is 72.2 Å². The summed E-state index contributed by atoms with van der Waals surface area (Å²) in [5, 5.41) is 0.478. The van der Waals surface area contributed by atoms with E-state index in [1.165, 1.54) is 6.07 Å². The highest BCUT2D eigenvalue weighted by atomic mass is 35.5. The Labute approximate surface area is 94.5 Å². The van der Waals surface area contributed by atoms with Crippen LogP contribution in [0.3, 0.4) is 0 Å². The Balaban J connectivity index is 2.90. The van der Waals surface area contributed by atoms with Gasteiger partial charge in [-0.1, -0.05) is 18.5 Å². The van der Waals surface area contributed by atoms with Crippen LogP contribution in [-0.4, -0.2) is 14.2 Å². The van der Waals surface area contributed by atoms with Crippen LogP contribution in [0.5, 0.6) is 0 Å². The summed E-state index contributed by atoms with van der Waals surface area (Å²) in [7, 11) is -3.29. The second kappa shape index (κ2) is 4.72. The Bertz CT molecular complexity index is 445. The number of benzene rings is 1. The van der Waals surface area contributed by atoms with Gasteiger partial charge in [0.25, 0.3) is 0 Å². The zero-order valence-electron chi connectivity index (χ0n) is 8.33. The summed E-state index contributed by atoms with van der Waals surface area (Å²) in [6, 6.07) is 4.64. The van der Waals surface area contributed by atoms with Crippen molar-refractivity contribution in [1.82, 2.24) is 0 Å². The molecule has 0 aliphatic rings. The predicted octanol–water partition coefficient (Wildman–Crippen LogP) is 2.07. The number of anilines is 2. The van der Waals surface area contributed by atoms with Crippen LogP contribution >= 0.6 is 11.6 Å². The molecule has 0 unspecified atom stereocenters. The molecule has 0 atom stereocenters. The van der Waals surface area contributed by atoms with Crippen molar-refractivity contribution in [2.45, 2.75) is 13.3 Å². The van der Waals surface area contributed by atoms with E-state index >= 15 is 0 Å². The third-order valence-electron chi connectivity index (χ3n) is 1.75. The van der Waals surface area contributed by atoms with Crippen LogP contribution in [0.25, 0.3) is 0 Å². The van der Waals surface area contributed by atoms with Crippen LogP contribution in [0, 0.1) is 0 Å². The maximum Gasteiger partial charge on any atom is 0.232 e. The van der Waals surface area contributed by atoms with Gasteiger partial charge in [0.2, 0.25) is 10.0 Å². The summed E-state index contributed by atoms with van der Waals surface area (Å²) >= 11 is 5.69. The molecule has 0 aromatic heterocycles. The quantitative estimate of drug-likeness (QED) is 0.802. The summed E-state index contributed by atoms with van der Waals surface area (Å²) < 4.78 is 25.3. The van der Waals surface area contributed by atoms with Crippen molar-refractivity contribution in [2.24, 2.45) is 0 Å². The number of halogens is 1. The molecule has 3 N–H and O–H groups in total. The molecule has 0 radical (unpaired) electrons. The minimum absolute atomic E-state index is 0.0784. The van der Waals surface area contributed by atoms with Crippen molar-refractivity contribution in [1.29, 1.82) is 0 Å². The van der Waals surface area contributed by atoms with Crippen molar-refractivity contribution >= 4 is 33.0 Å². The molecule has 6 heteroatoms. The molecule has 0 saturated carbocycles. The van der Waals surface area contributed by atoms with Gasteiger partial charge in [-0.15, -0.1) is 0 Å². The fraction of sp³-hybridized carbons (Fsp3) is 0.333. The van der Waals surface area contributed by atoms with E-state index < -0.39 is 10.0 Å². The zero-order chi connectivity index (χ0) is 11.5. The first-order chi connectivity index (χ1) is 6.94. The summed E-state index contributed by atoms with van der Waals surface area (Å²) in [4.78, 5) is 0. The average Bonchev–Trinajstić information content (AvgIpc) is 2.09. The van der Waals surface area contributed by atoms with Crippen LogP contribution in [0.1, 0.15) is 13.3 Å². The maximum atomic E-state index is 11.4. The van der Waals surface area contributed by atoms with Crippen LogP contribution in [0.15, 0.2) is 18.2 Å². The maximum absolute atomic E-state index is 11.4. The molecule has 0 aliphatic carbocycles. The number of nitrogens with two attached hydrogens (primary N) is 1. The van der Waals surface area contributed by atoms with Gasteiger partial charge in [0.1, 0.15) is 0 Å². The molecule has 4 nitrogen and oxygen atoms in total. The molecule has 0 bridgehead atoms. The molecule has 0 aliphatic heterocycles. The fourth-order valence-corrected chi connectivity index (χ4v) is 2.45. The summed E-state index contributed by atoms with van der Waals surface area (Å²) in [5.41, 5.74) is 6.30. The Morgan fingerprint density at radius 3 is 2.67 bits per heavy atom. The van der Waals surface area contributed by atoms with Crippen LogP contribution < -0.4 is 10.5 Å². The minimum Gasteiger partial charge on any atom is -0.397 e. The monoisotopic (exact) mass is 248 g/mol. The molecule has 0 saturated heterocycles. The van der Waals surface area contributed by atoms with E-state index in [-0.39, 0.29) is 5.75 Å². The normalized spacial score (nSPS) is 11.3. The zero-order valence-corrected chi connectivity index (χ0v) is 9.90. The Morgan fingerprint density at radius 1 is 1.47 bits per heavy atom. The lowest BCUT2D eigenvalue weighted by atomic mass is 10.3. The number of nitrogens with one attached hydrogen (secondary N) is 1. The van der Waals surface area contributed by atoms with Crippen molar-refractivity contribution < 1.29 is 8.42 Å². The lowest BCUT2D eigenvalue weighted by molar-refractivity contribution is 0.600. The van der Waals surface area contributed by atoms with E-state index in [0.29, 0.717) is 22.8 Å². The average molecular weight is 249 g/mol. The Hall–Kier alpha value is -0.940. The van der Waals surface area contributed by atoms with Crippen LogP contribution in [0.4, 0.5) is 11.4 Å². The second-order valence-electron chi connectivity index (χ2n) is 3.15. The highest BCUT2D eigenvalue weighted by Crippen LogP contribution is 2.23. The number of nitrogen functional groups attached to an aromatic ring is 1. The van der Waals surface area contributed by atoms with Crippen LogP contribution in [0.2, 0.25) is 5.02 Å². The molecular formula is C9H13ClN2O2S. The van der Waals surface area contributed by atoms with Crippen LogP contribution in [-0.2, 0) is 10.0 Å². The Kier molecular flexibility index (Phi) is 3.82. The molecule has 0 fully saturated rings. The van der Waals surface area contributed by atoms with E-state index in [1.807, 2.05) is 0 Å². The molecule has 1 aromatic rings. The summed E-state index contributed by atoms with van der Waals surface area (Å²) in [5.74, 6) is 0.0784. The van der Waals surface area contributed by atoms with Gasteiger partial charge in [0.15, 0.2) is 0 Å². The summed E-state index contributed by atoms with van der Waals surface area (Å²) in [6.45, 7) is 1.80. The summed E-state index contributed by atoms with van der Waals surface area (Å²) in [6.07, 6.45) is 0.558. The lowest BCUT2D eigenvalue weighted by Crippen LogP contribution is -2.16. The molecule has 84 valence electrons. The highest BCUT2D eigenvalue weighted by molar-refractivity contribution is 7.92. The standard InChI is InChI=1S/C9H13ClN2O2S/c1-2-5-15(13,14)12-9-4-3-7(10)6-8(9)11/h3-4,6,12H,2,5,11H2,1H3. The SMILES string of the molecule is CCCS(=O)(=O)Nc1ccc(Cl)cc1N. The molecule has 1 aromatic carbocycles. The number of hydrogen-bond donors (Lipinski definition) is 2. The molecule has 0 spiro atoms. The van der Waals surface area contributed by atoms with Gasteiger partial charge in [-0.25, -0.2) is 8.42 Å². The first-order valence-corrected chi connectivity index (χ1v) is 6.53. The van der Waals surface area contributed by atoms with E-state index in [0.717, 1.165) is 0 Å². The van der Waals surface area contributed by atoms with Gasteiger partial charge in [0, 0.05) is 5.02 Å². The third-order valence-corrected chi connectivity index (χ3v) is 3.46. The van der Waals surface area contributed by atoms with Crippen molar-refractivity contribution in [2.75, 3.05) is 16.2 Å².